The molecule has 0 aliphatic carbocycles. The molecule has 0 aromatic heterocycles. The Labute approximate surface area is 132 Å². The molecule has 2 rings (SSSR count). The summed E-state index contributed by atoms with van der Waals surface area (Å²) < 4.78 is 0. The van der Waals surface area contributed by atoms with E-state index in [0.29, 0.717) is 6.54 Å². The van der Waals surface area contributed by atoms with Crippen LogP contribution >= 0.6 is 24.8 Å². The molecule has 8 heteroatoms. The maximum Gasteiger partial charge on any atom is 0.324 e. The van der Waals surface area contributed by atoms with Gasteiger partial charge in [0.1, 0.15) is 0 Å². The van der Waals surface area contributed by atoms with E-state index in [-0.39, 0.29) is 43.3 Å². The number of halogens is 2. The first-order valence-corrected chi connectivity index (χ1v) is 6.66. The zero-order valence-corrected chi connectivity index (χ0v) is 13.5. The first-order valence-electron chi connectivity index (χ1n) is 6.66. The van der Waals surface area contributed by atoms with Gasteiger partial charge in [-0.2, -0.15) is 0 Å². The fraction of sp³-hybridized carbons (Fsp3) is 0.833. The van der Waals surface area contributed by atoms with Gasteiger partial charge in [-0.25, -0.2) is 4.79 Å². The Hall–Kier alpha value is -0.560. The normalized spacial score (nSPS) is 20.4. The molecule has 2 heterocycles. The number of imide groups is 1. The first kappa shape index (κ1) is 19.4. The van der Waals surface area contributed by atoms with Crippen LogP contribution in [0.5, 0.6) is 0 Å². The van der Waals surface area contributed by atoms with Gasteiger partial charge in [-0.1, -0.05) is 0 Å². The Morgan fingerprint density at radius 3 is 2.15 bits per heavy atom. The summed E-state index contributed by atoms with van der Waals surface area (Å²) in [7, 11) is 2.15. The van der Waals surface area contributed by atoms with Crippen molar-refractivity contribution in [3.63, 3.8) is 0 Å². The Bertz CT molecular complexity index is 307. The smallest absolute Gasteiger partial charge is 0.324 e. The van der Waals surface area contributed by atoms with Crippen LogP contribution in [0.2, 0.25) is 0 Å². The largest absolute Gasteiger partial charge is 0.329 e. The van der Waals surface area contributed by atoms with Gasteiger partial charge in [0.05, 0.1) is 6.54 Å². The van der Waals surface area contributed by atoms with E-state index in [9.17, 15) is 9.59 Å². The summed E-state index contributed by atoms with van der Waals surface area (Å²) in [5.74, 6) is -0.0976. The number of carbonyl (C=O) groups is 2. The number of rotatable bonds is 5. The molecular formula is C12H24Cl2N4O2. The zero-order valence-electron chi connectivity index (χ0n) is 11.8. The summed E-state index contributed by atoms with van der Waals surface area (Å²) in [5, 5.41) is 2.54. The Kier molecular flexibility index (Phi) is 9.13. The van der Waals surface area contributed by atoms with Crippen molar-refractivity contribution in [1.29, 1.82) is 0 Å². The number of amides is 3. The molecule has 0 radical (unpaired) electrons. The van der Waals surface area contributed by atoms with Crippen LogP contribution in [0.4, 0.5) is 4.79 Å². The summed E-state index contributed by atoms with van der Waals surface area (Å²) in [4.78, 5) is 28.7. The van der Waals surface area contributed by atoms with Crippen LogP contribution < -0.4 is 5.32 Å². The van der Waals surface area contributed by atoms with Gasteiger partial charge in [0.2, 0.25) is 5.91 Å². The second-order valence-electron chi connectivity index (χ2n) is 5.06. The first-order chi connectivity index (χ1) is 8.66. The van der Waals surface area contributed by atoms with E-state index >= 15 is 0 Å². The van der Waals surface area contributed by atoms with Crippen molar-refractivity contribution < 1.29 is 9.59 Å². The zero-order chi connectivity index (χ0) is 13.0. The van der Waals surface area contributed by atoms with Gasteiger partial charge in [0.15, 0.2) is 0 Å². The van der Waals surface area contributed by atoms with Crippen molar-refractivity contribution in [2.45, 2.75) is 12.8 Å². The third kappa shape index (κ3) is 5.44. The molecular weight excluding hydrogens is 303 g/mol. The molecule has 2 saturated heterocycles. The highest BCUT2D eigenvalue weighted by Crippen LogP contribution is 2.05. The SMILES string of the molecule is CN1CCN(CCCCN2C(=O)CNC2=O)CC1.Cl.Cl. The lowest BCUT2D eigenvalue weighted by molar-refractivity contribution is -0.125. The molecule has 1 N–H and O–H groups in total. The highest BCUT2D eigenvalue weighted by molar-refractivity contribution is 6.01. The van der Waals surface area contributed by atoms with Crippen molar-refractivity contribution >= 4 is 36.8 Å². The highest BCUT2D eigenvalue weighted by Gasteiger charge is 2.27. The lowest BCUT2D eigenvalue weighted by Gasteiger charge is -2.32. The van der Waals surface area contributed by atoms with Gasteiger partial charge in [-0.3, -0.25) is 9.69 Å². The predicted molar refractivity (Wildman–Crippen MR) is 82.8 cm³/mol. The summed E-state index contributed by atoms with van der Waals surface area (Å²) >= 11 is 0. The maximum atomic E-state index is 11.3. The van der Waals surface area contributed by atoms with E-state index in [1.54, 1.807) is 0 Å². The average Bonchev–Trinajstić information content (AvgIpc) is 2.68. The Balaban J connectivity index is 0.00000180. The van der Waals surface area contributed by atoms with Gasteiger partial charge < -0.3 is 15.1 Å². The number of carbonyl (C=O) groups excluding carboxylic acids is 2. The standard InChI is InChI=1S/C12H22N4O2.2ClH/c1-14-6-8-15(9-7-14)4-2-3-5-16-11(17)10-13-12(16)18;;/h2-10H2,1H3,(H,13,18);2*1H. The highest BCUT2D eigenvalue weighted by atomic mass is 35.5. The van der Waals surface area contributed by atoms with Gasteiger partial charge in [-0.15, -0.1) is 24.8 Å². The predicted octanol–water partition coefficient (Wildman–Crippen LogP) is 0.409. The molecule has 0 aromatic rings. The molecule has 2 aliphatic rings. The lowest BCUT2D eigenvalue weighted by atomic mass is 10.2. The minimum absolute atomic E-state index is 0. The van der Waals surface area contributed by atoms with Crippen molar-refractivity contribution in [1.82, 2.24) is 20.0 Å². The van der Waals surface area contributed by atoms with Gasteiger partial charge in [-0.05, 0) is 26.4 Å². The second kappa shape index (κ2) is 9.39. The summed E-state index contributed by atoms with van der Waals surface area (Å²) in [6.45, 7) is 6.30. The van der Waals surface area contributed by atoms with Crippen LogP contribution in [-0.2, 0) is 4.79 Å². The lowest BCUT2D eigenvalue weighted by Crippen LogP contribution is -2.44. The number of nitrogens with zero attached hydrogens (tertiary/aromatic N) is 3. The molecule has 2 fully saturated rings. The van der Waals surface area contributed by atoms with E-state index < -0.39 is 0 Å². The molecule has 2 aliphatic heterocycles. The Morgan fingerprint density at radius 2 is 1.60 bits per heavy atom. The topological polar surface area (TPSA) is 55.9 Å². The molecule has 20 heavy (non-hydrogen) atoms. The van der Waals surface area contributed by atoms with Gasteiger partial charge >= 0.3 is 6.03 Å². The van der Waals surface area contributed by atoms with E-state index in [2.05, 4.69) is 22.2 Å². The van der Waals surface area contributed by atoms with Gasteiger partial charge in [0, 0.05) is 32.7 Å². The van der Waals surface area contributed by atoms with Crippen LogP contribution in [0, 0.1) is 0 Å². The van der Waals surface area contributed by atoms with Crippen LogP contribution in [0.25, 0.3) is 0 Å². The van der Waals surface area contributed by atoms with Crippen LogP contribution in [0.3, 0.4) is 0 Å². The molecule has 118 valence electrons. The third-order valence-electron chi connectivity index (χ3n) is 3.64. The van der Waals surface area contributed by atoms with E-state index in [0.717, 1.165) is 45.6 Å². The van der Waals surface area contributed by atoms with Gasteiger partial charge in [0.25, 0.3) is 0 Å². The molecule has 6 nitrogen and oxygen atoms in total. The van der Waals surface area contributed by atoms with Crippen LogP contribution in [0.15, 0.2) is 0 Å². The van der Waals surface area contributed by atoms with Crippen LogP contribution in [0.1, 0.15) is 12.8 Å². The molecule has 0 saturated carbocycles. The van der Waals surface area contributed by atoms with E-state index in [1.807, 2.05) is 0 Å². The maximum absolute atomic E-state index is 11.3. The number of piperazine rings is 1. The fourth-order valence-corrected chi connectivity index (χ4v) is 2.36. The molecule has 0 aromatic carbocycles. The number of nitrogens with one attached hydrogen (secondary N) is 1. The number of hydrogen-bond donors (Lipinski definition) is 1. The van der Waals surface area contributed by atoms with Crippen molar-refractivity contribution in [2.75, 3.05) is 52.9 Å². The number of urea groups is 1. The van der Waals surface area contributed by atoms with E-state index in [1.165, 1.54) is 4.90 Å². The molecule has 0 atom stereocenters. The molecule has 3 amide bonds. The van der Waals surface area contributed by atoms with Crippen molar-refractivity contribution in [3.05, 3.63) is 0 Å². The van der Waals surface area contributed by atoms with Crippen molar-refractivity contribution in [2.24, 2.45) is 0 Å². The fourth-order valence-electron chi connectivity index (χ4n) is 2.36. The average molecular weight is 327 g/mol. The van der Waals surface area contributed by atoms with Crippen molar-refractivity contribution in [3.8, 4) is 0 Å². The second-order valence-corrected chi connectivity index (χ2v) is 5.06. The van der Waals surface area contributed by atoms with E-state index in [4.69, 9.17) is 0 Å². The monoisotopic (exact) mass is 326 g/mol. The summed E-state index contributed by atoms with van der Waals surface area (Å²) in [6.07, 6.45) is 1.94. The minimum atomic E-state index is -0.236. The molecule has 0 spiro atoms. The number of likely N-dealkylation sites (N-methyl/N-ethyl adjacent to an activating group) is 1. The minimum Gasteiger partial charge on any atom is -0.329 e. The number of unbranched alkanes of at least 4 members (excludes halogenated alkanes) is 1. The molecule has 0 unspecified atom stereocenters. The summed E-state index contributed by atoms with van der Waals surface area (Å²) in [5.41, 5.74) is 0. The quantitative estimate of drug-likeness (QED) is 0.587. The summed E-state index contributed by atoms with van der Waals surface area (Å²) in [6, 6.07) is -0.236. The van der Waals surface area contributed by atoms with Crippen LogP contribution in [-0.4, -0.2) is 79.5 Å². The third-order valence-corrected chi connectivity index (χ3v) is 3.64. The number of hydrogen-bond acceptors (Lipinski definition) is 4. The molecule has 0 bridgehead atoms. The Morgan fingerprint density at radius 1 is 1.00 bits per heavy atom.